The van der Waals surface area contributed by atoms with Crippen LogP contribution in [-0.4, -0.2) is 59.1 Å². The molecule has 0 aromatic heterocycles. The number of carbonyl (C=O) groups is 2. The molecule has 7 nitrogen and oxygen atoms in total. The molecule has 0 spiro atoms. The molecule has 0 atom stereocenters. The third-order valence-corrected chi connectivity index (χ3v) is 9.47. The van der Waals surface area contributed by atoms with E-state index in [1.54, 1.807) is 0 Å². The second kappa shape index (κ2) is 15.9. The Bertz CT molecular complexity index is 841. The first-order valence-electron chi connectivity index (χ1n) is 17.2. The van der Waals surface area contributed by atoms with E-state index in [1.807, 2.05) is 13.8 Å². The molecule has 252 valence electrons. The van der Waals surface area contributed by atoms with E-state index in [0.717, 1.165) is 70.8 Å². The molecular formula is C36H67NO6. The van der Waals surface area contributed by atoms with Crippen molar-refractivity contribution in [2.75, 3.05) is 6.61 Å². The van der Waals surface area contributed by atoms with Crippen LogP contribution >= 0.6 is 0 Å². The van der Waals surface area contributed by atoms with Gasteiger partial charge in [-0.1, -0.05) is 53.4 Å². The second-order valence-corrected chi connectivity index (χ2v) is 16.6. The number of unbranched alkanes of at least 4 members (excludes halogenated alkanes) is 5. The number of carbonyl (C=O) groups excluding carboxylic acids is 2. The normalized spacial score (nSPS) is 25.2. The highest BCUT2D eigenvalue weighted by Crippen LogP contribution is 2.52. The van der Waals surface area contributed by atoms with Gasteiger partial charge in [0.1, 0.15) is 12.2 Å². The van der Waals surface area contributed by atoms with E-state index >= 15 is 0 Å². The van der Waals surface area contributed by atoms with E-state index in [1.165, 1.54) is 0 Å². The van der Waals surface area contributed by atoms with Gasteiger partial charge in [-0.3, -0.25) is 14.4 Å². The van der Waals surface area contributed by atoms with Gasteiger partial charge in [-0.25, -0.2) is 0 Å². The van der Waals surface area contributed by atoms with Crippen LogP contribution in [0.1, 0.15) is 160 Å². The molecule has 43 heavy (non-hydrogen) atoms. The zero-order chi connectivity index (χ0) is 32.6. The van der Waals surface area contributed by atoms with Crippen LogP contribution in [0.25, 0.3) is 0 Å². The van der Waals surface area contributed by atoms with Crippen molar-refractivity contribution in [2.24, 2.45) is 16.7 Å². The first-order chi connectivity index (χ1) is 19.7. The van der Waals surface area contributed by atoms with Gasteiger partial charge in [0.05, 0.1) is 18.8 Å². The predicted molar refractivity (Wildman–Crippen MR) is 174 cm³/mol. The van der Waals surface area contributed by atoms with Crippen molar-refractivity contribution in [3.63, 3.8) is 0 Å². The Hall–Kier alpha value is -1.18. The molecule has 7 heteroatoms. The topological polar surface area (TPSA) is 74.3 Å². The van der Waals surface area contributed by atoms with Crippen LogP contribution in [0, 0.1) is 16.7 Å². The minimum absolute atomic E-state index is 0.0226. The van der Waals surface area contributed by atoms with Gasteiger partial charge in [0.15, 0.2) is 0 Å². The average molecular weight is 610 g/mol. The van der Waals surface area contributed by atoms with Crippen molar-refractivity contribution in [1.82, 2.24) is 5.06 Å². The lowest BCUT2D eigenvalue weighted by molar-refractivity contribution is -0.309. The number of hydrogen-bond acceptors (Lipinski definition) is 7. The summed E-state index contributed by atoms with van der Waals surface area (Å²) >= 11 is 0. The maximum absolute atomic E-state index is 12.6. The summed E-state index contributed by atoms with van der Waals surface area (Å²) in [4.78, 5) is 31.4. The van der Waals surface area contributed by atoms with Gasteiger partial charge in [0.2, 0.25) is 0 Å². The summed E-state index contributed by atoms with van der Waals surface area (Å²) in [5, 5.41) is 2.10. The number of nitrogens with zero attached hydrogens (tertiary/aromatic N) is 1. The molecule has 0 aromatic carbocycles. The van der Waals surface area contributed by atoms with Crippen molar-refractivity contribution in [3.8, 4) is 0 Å². The van der Waals surface area contributed by atoms with E-state index in [2.05, 4.69) is 74.3 Å². The summed E-state index contributed by atoms with van der Waals surface area (Å²) in [6, 6.07) is 0. The maximum Gasteiger partial charge on any atom is 0.306 e. The standard InChI is InChI=1S/C36H67NO6/c1-26(2)40-25-30-33(5,6)21-28(22-34(30,7)8)41-31(38)19-17-15-13-14-16-18-20-32(39)42-29-23-35(9,10)37(43-27(3)4)36(11,12)24-29/h26-30H,13-25H2,1-12H3. The van der Waals surface area contributed by atoms with Gasteiger partial charge in [0, 0.05) is 36.8 Å². The molecule has 2 fully saturated rings. The minimum atomic E-state index is -0.210. The third kappa shape index (κ3) is 12.3. The number of rotatable bonds is 16. The average Bonchev–Trinajstić information content (AvgIpc) is 2.80. The minimum Gasteiger partial charge on any atom is -0.462 e. The Labute approximate surface area is 264 Å². The molecule has 1 aliphatic heterocycles. The van der Waals surface area contributed by atoms with E-state index < -0.39 is 0 Å². The van der Waals surface area contributed by atoms with E-state index in [9.17, 15) is 9.59 Å². The van der Waals surface area contributed by atoms with Crippen LogP contribution in [0.2, 0.25) is 0 Å². The van der Waals surface area contributed by atoms with Crippen LogP contribution in [-0.2, 0) is 28.6 Å². The van der Waals surface area contributed by atoms with Crippen LogP contribution in [0.5, 0.6) is 0 Å². The molecule has 0 unspecified atom stereocenters. The highest BCUT2D eigenvalue weighted by Gasteiger charge is 2.49. The Morgan fingerprint density at radius 2 is 1.02 bits per heavy atom. The van der Waals surface area contributed by atoms with Gasteiger partial charge in [-0.05, 0) is 97.8 Å². The van der Waals surface area contributed by atoms with Crippen molar-refractivity contribution in [3.05, 3.63) is 0 Å². The number of esters is 2. The first kappa shape index (κ1) is 38.0. The Morgan fingerprint density at radius 1 is 0.628 bits per heavy atom. The van der Waals surface area contributed by atoms with Gasteiger partial charge in [-0.15, -0.1) is 0 Å². The summed E-state index contributed by atoms with van der Waals surface area (Å²) < 4.78 is 17.9. The fourth-order valence-corrected chi connectivity index (χ4v) is 7.90. The predicted octanol–water partition coefficient (Wildman–Crippen LogP) is 8.81. The fraction of sp³-hybridized carbons (Fsp3) is 0.944. The molecule has 2 rings (SSSR count). The first-order valence-corrected chi connectivity index (χ1v) is 17.2. The molecule has 0 radical (unpaired) electrons. The smallest absolute Gasteiger partial charge is 0.306 e. The summed E-state index contributed by atoms with van der Waals surface area (Å²) in [6.45, 7) is 26.8. The second-order valence-electron chi connectivity index (χ2n) is 16.6. The molecule has 1 heterocycles. The monoisotopic (exact) mass is 609 g/mol. The van der Waals surface area contributed by atoms with E-state index in [-0.39, 0.29) is 58.3 Å². The summed E-state index contributed by atoms with van der Waals surface area (Å²) in [6.07, 6.45) is 10.3. The highest BCUT2D eigenvalue weighted by atomic mass is 16.7. The van der Waals surface area contributed by atoms with Gasteiger partial charge in [-0.2, -0.15) is 5.06 Å². The maximum atomic E-state index is 12.6. The Balaban J connectivity index is 1.60. The van der Waals surface area contributed by atoms with Crippen molar-refractivity contribution in [2.45, 2.75) is 196 Å². The number of hydrogen-bond donors (Lipinski definition) is 0. The van der Waals surface area contributed by atoms with Gasteiger partial charge in [0.25, 0.3) is 0 Å². The Kier molecular flexibility index (Phi) is 14.0. The van der Waals surface area contributed by atoms with Crippen molar-refractivity contribution < 1.29 is 28.6 Å². The SMILES string of the molecule is CC(C)OCC1C(C)(C)CC(OC(=O)CCCCCCCCC(=O)OC2CC(C)(C)N(OC(C)C)C(C)(C)C2)CC1(C)C. The van der Waals surface area contributed by atoms with Crippen molar-refractivity contribution in [1.29, 1.82) is 0 Å². The molecule has 1 saturated heterocycles. The number of hydroxylamine groups is 2. The third-order valence-electron chi connectivity index (χ3n) is 9.47. The van der Waals surface area contributed by atoms with E-state index in [4.69, 9.17) is 19.0 Å². The highest BCUT2D eigenvalue weighted by molar-refractivity contribution is 5.69. The summed E-state index contributed by atoms with van der Waals surface area (Å²) in [5.74, 6) is 0.274. The lowest BCUT2D eigenvalue weighted by Crippen LogP contribution is -2.62. The fourth-order valence-electron chi connectivity index (χ4n) is 7.90. The number of piperidine rings is 1. The molecule has 1 saturated carbocycles. The van der Waals surface area contributed by atoms with Crippen LogP contribution in [0.15, 0.2) is 0 Å². The molecule has 2 aliphatic rings. The molecule has 0 aromatic rings. The van der Waals surface area contributed by atoms with Gasteiger partial charge < -0.3 is 14.2 Å². The lowest BCUT2D eigenvalue weighted by atomic mass is 9.56. The largest absolute Gasteiger partial charge is 0.462 e. The van der Waals surface area contributed by atoms with Crippen LogP contribution in [0.3, 0.4) is 0 Å². The Morgan fingerprint density at radius 3 is 1.42 bits per heavy atom. The lowest BCUT2D eigenvalue weighted by Gasteiger charge is -2.53. The molecular weight excluding hydrogens is 542 g/mol. The van der Waals surface area contributed by atoms with E-state index in [0.29, 0.717) is 18.8 Å². The zero-order valence-corrected chi connectivity index (χ0v) is 30.0. The molecule has 0 bridgehead atoms. The zero-order valence-electron chi connectivity index (χ0n) is 30.0. The van der Waals surface area contributed by atoms with Crippen molar-refractivity contribution >= 4 is 11.9 Å². The quantitative estimate of drug-likeness (QED) is 0.128. The molecule has 0 amide bonds. The van der Waals surface area contributed by atoms with Gasteiger partial charge >= 0.3 is 11.9 Å². The summed E-state index contributed by atoms with van der Waals surface area (Å²) in [5.41, 5.74) is -0.306. The van der Waals surface area contributed by atoms with Crippen LogP contribution in [0.4, 0.5) is 0 Å². The summed E-state index contributed by atoms with van der Waals surface area (Å²) in [7, 11) is 0. The molecule has 1 aliphatic carbocycles. The molecule has 0 N–H and O–H groups in total. The van der Waals surface area contributed by atoms with Crippen LogP contribution < -0.4 is 0 Å². The number of ether oxygens (including phenoxy) is 3.